The van der Waals surface area contributed by atoms with E-state index >= 15 is 0 Å². The van der Waals surface area contributed by atoms with Gasteiger partial charge < -0.3 is 5.11 Å². The van der Waals surface area contributed by atoms with E-state index in [0.717, 1.165) is 13.1 Å². The molecule has 0 aliphatic heterocycles. The van der Waals surface area contributed by atoms with E-state index in [1.807, 2.05) is 0 Å². The topological polar surface area (TPSA) is 118 Å². The third kappa shape index (κ3) is 3.23. The number of rotatable bonds is 5. The number of carboxylic acids is 1. The Kier molecular flexibility index (Phi) is 4.17. The molecule has 1 N–H and O–H groups in total. The van der Waals surface area contributed by atoms with Crippen molar-refractivity contribution in [2.45, 2.75) is 4.90 Å². The summed E-state index contributed by atoms with van der Waals surface area (Å²) in [5, 5.41) is 18.9. The van der Waals surface area contributed by atoms with E-state index in [0.29, 0.717) is 16.4 Å². The molecule has 19 heavy (non-hydrogen) atoms. The van der Waals surface area contributed by atoms with Crippen LogP contribution < -0.4 is 0 Å². The third-order valence-electron chi connectivity index (χ3n) is 2.18. The van der Waals surface area contributed by atoms with Crippen LogP contribution in [0.2, 0.25) is 0 Å². The van der Waals surface area contributed by atoms with E-state index in [4.69, 9.17) is 5.11 Å². The maximum absolute atomic E-state index is 13.3. The number of halogens is 1. The Morgan fingerprint density at radius 2 is 2.11 bits per heavy atom. The van der Waals surface area contributed by atoms with Gasteiger partial charge in [-0.2, -0.15) is 8.70 Å². The first-order chi connectivity index (χ1) is 8.66. The lowest BCUT2D eigenvalue weighted by molar-refractivity contribution is -0.387. The average molecular weight is 292 g/mol. The summed E-state index contributed by atoms with van der Waals surface area (Å²) in [6, 6.07) is 2.03. The molecule has 10 heteroatoms. The van der Waals surface area contributed by atoms with Crippen LogP contribution >= 0.6 is 0 Å². The van der Waals surface area contributed by atoms with Crippen LogP contribution in [0.15, 0.2) is 23.1 Å². The van der Waals surface area contributed by atoms with Gasteiger partial charge in [-0.15, -0.1) is 0 Å². The number of nitrogens with zero attached hydrogens (tertiary/aromatic N) is 2. The lowest BCUT2D eigenvalue weighted by Crippen LogP contribution is -2.32. The first-order valence-corrected chi connectivity index (χ1v) is 6.22. The number of hydrogen-bond acceptors (Lipinski definition) is 5. The summed E-state index contributed by atoms with van der Waals surface area (Å²) in [5.74, 6) is -2.69. The highest BCUT2D eigenvalue weighted by atomic mass is 32.2. The lowest BCUT2D eigenvalue weighted by Gasteiger charge is -2.14. The molecule has 8 nitrogen and oxygen atoms in total. The van der Waals surface area contributed by atoms with Gasteiger partial charge in [0.05, 0.1) is 9.82 Å². The van der Waals surface area contributed by atoms with Crippen LogP contribution in [0.3, 0.4) is 0 Å². The van der Waals surface area contributed by atoms with E-state index in [1.54, 1.807) is 0 Å². The number of carboxylic acid groups (broad SMARTS) is 1. The maximum Gasteiger partial charge on any atom is 0.318 e. The Bertz CT molecular complexity index is 630. The Hall–Kier alpha value is -2.07. The molecule has 0 aliphatic carbocycles. The molecule has 0 aliphatic rings. The van der Waals surface area contributed by atoms with Crippen molar-refractivity contribution in [1.29, 1.82) is 0 Å². The fourth-order valence-corrected chi connectivity index (χ4v) is 2.38. The highest BCUT2D eigenvalue weighted by molar-refractivity contribution is 7.89. The second-order valence-electron chi connectivity index (χ2n) is 3.53. The van der Waals surface area contributed by atoms with Gasteiger partial charge in [-0.1, -0.05) is 0 Å². The molecule has 0 heterocycles. The van der Waals surface area contributed by atoms with Crippen molar-refractivity contribution in [3.8, 4) is 0 Å². The SMILES string of the molecule is CN(CC(=O)O)S(=O)(=O)c1ccc([N+](=O)[O-])c(F)c1. The number of nitro benzene ring substituents is 1. The van der Waals surface area contributed by atoms with Crippen LogP contribution in [-0.2, 0) is 14.8 Å². The molecule has 0 bridgehead atoms. The number of likely N-dealkylation sites (N-methyl/N-ethyl adjacent to an activating group) is 1. The molecule has 104 valence electrons. The van der Waals surface area contributed by atoms with Gasteiger partial charge in [0.2, 0.25) is 15.8 Å². The molecule has 0 unspecified atom stereocenters. The molecule has 0 saturated carbocycles. The zero-order chi connectivity index (χ0) is 14.8. The summed E-state index contributed by atoms with van der Waals surface area (Å²) in [5.41, 5.74) is -0.861. The Balaban J connectivity index is 3.20. The van der Waals surface area contributed by atoms with E-state index in [9.17, 15) is 27.7 Å². The lowest BCUT2D eigenvalue weighted by atomic mass is 10.3. The molecule has 0 atom stereocenters. The summed E-state index contributed by atoms with van der Waals surface area (Å²) in [6.07, 6.45) is 0. The second-order valence-corrected chi connectivity index (χ2v) is 5.57. The number of carbonyl (C=O) groups is 1. The van der Waals surface area contributed by atoms with Crippen LogP contribution in [0.25, 0.3) is 0 Å². The highest BCUT2D eigenvalue weighted by Crippen LogP contribution is 2.22. The fraction of sp³-hybridized carbons (Fsp3) is 0.222. The van der Waals surface area contributed by atoms with Gasteiger partial charge in [-0.05, 0) is 6.07 Å². The van der Waals surface area contributed by atoms with Gasteiger partial charge in [0, 0.05) is 19.2 Å². The number of aliphatic carboxylic acids is 1. The summed E-state index contributed by atoms with van der Waals surface area (Å²) in [6.45, 7) is -0.805. The van der Waals surface area contributed by atoms with E-state index in [1.165, 1.54) is 0 Å². The molecule has 0 saturated heterocycles. The molecule has 1 aromatic rings. The van der Waals surface area contributed by atoms with Crippen molar-refractivity contribution < 1.29 is 27.6 Å². The van der Waals surface area contributed by atoms with Crippen molar-refractivity contribution in [2.24, 2.45) is 0 Å². The molecule has 1 rings (SSSR count). The molecule has 1 aromatic carbocycles. The quantitative estimate of drug-likeness (QED) is 0.621. The Morgan fingerprint density at radius 1 is 1.53 bits per heavy atom. The third-order valence-corrected chi connectivity index (χ3v) is 3.98. The maximum atomic E-state index is 13.3. The van der Waals surface area contributed by atoms with Crippen molar-refractivity contribution in [2.75, 3.05) is 13.6 Å². The molecule has 0 amide bonds. The zero-order valence-electron chi connectivity index (χ0n) is 9.61. The normalized spacial score (nSPS) is 11.5. The van der Waals surface area contributed by atoms with Gasteiger partial charge in [0.25, 0.3) is 0 Å². The summed E-state index contributed by atoms with van der Waals surface area (Å²) >= 11 is 0. The number of sulfonamides is 1. The fourth-order valence-electron chi connectivity index (χ4n) is 1.25. The van der Waals surface area contributed by atoms with Crippen LogP contribution in [0.5, 0.6) is 0 Å². The van der Waals surface area contributed by atoms with E-state index < -0.39 is 43.9 Å². The largest absolute Gasteiger partial charge is 0.480 e. The molecule has 0 fully saturated rings. The highest BCUT2D eigenvalue weighted by Gasteiger charge is 2.25. The first-order valence-electron chi connectivity index (χ1n) is 4.78. The first kappa shape index (κ1) is 15.0. The van der Waals surface area contributed by atoms with E-state index in [2.05, 4.69) is 0 Å². The smallest absolute Gasteiger partial charge is 0.318 e. The van der Waals surface area contributed by atoms with Crippen molar-refractivity contribution in [1.82, 2.24) is 4.31 Å². The van der Waals surface area contributed by atoms with Gasteiger partial charge in [-0.3, -0.25) is 14.9 Å². The van der Waals surface area contributed by atoms with Gasteiger partial charge in [-0.25, -0.2) is 8.42 Å². The number of nitro groups is 1. The van der Waals surface area contributed by atoms with Gasteiger partial charge in [0.15, 0.2) is 0 Å². The van der Waals surface area contributed by atoms with Gasteiger partial charge >= 0.3 is 11.7 Å². The minimum atomic E-state index is -4.21. The van der Waals surface area contributed by atoms with Crippen LogP contribution in [0, 0.1) is 15.9 Å². The molecular weight excluding hydrogens is 283 g/mol. The molecule has 0 spiro atoms. The monoisotopic (exact) mass is 292 g/mol. The second kappa shape index (κ2) is 5.28. The minimum Gasteiger partial charge on any atom is -0.480 e. The van der Waals surface area contributed by atoms with Crippen molar-refractivity contribution >= 4 is 21.7 Å². The predicted octanol–water partition coefficient (Wildman–Crippen LogP) is 0.439. The predicted molar refractivity (Wildman–Crippen MR) is 60.5 cm³/mol. The average Bonchev–Trinajstić information content (AvgIpc) is 2.27. The van der Waals surface area contributed by atoms with Crippen LogP contribution in [0.1, 0.15) is 0 Å². The van der Waals surface area contributed by atoms with E-state index in [-0.39, 0.29) is 0 Å². The Morgan fingerprint density at radius 3 is 2.53 bits per heavy atom. The summed E-state index contributed by atoms with van der Waals surface area (Å²) in [4.78, 5) is 19.3. The standard InChI is InChI=1S/C9H9FN2O6S/c1-11(5-9(13)14)19(17,18)6-2-3-8(12(15)16)7(10)4-6/h2-4H,5H2,1H3,(H,13,14). The van der Waals surface area contributed by atoms with Crippen LogP contribution in [-0.4, -0.2) is 42.3 Å². The molecular formula is C9H9FN2O6S. The summed E-state index contributed by atoms with van der Waals surface area (Å²) < 4.78 is 37.5. The number of benzene rings is 1. The van der Waals surface area contributed by atoms with Gasteiger partial charge in [0.1, 0.15) is 6.54 Å². The van der Waals surface area contributed by atoms with Crippen molar-refractivity contribution in [3.05, 3.63) is 34.1 Å². The zero-order valence-corrected chi connectivity index (χ0v) is 10.4. The number of hydrogen-bond donors (Lipinski definition) is 1. The molecule has 0 aromatic heterocycles. The molecule has 0 radical (unpaired) electrons. The summed E-state index contributed by atoms with van der Waals surface area (Å²) in [7, 11) is -3.21. The van der Waals surface area contributed by atoms with Crippen LogP contribution in [0.4, 0.5) is 10.1 Å². The van der Waals surface area contributed by atoms with Crippen molar-refractivity contribution in [3.63, 3.8) is 0 Å². The minimum absolute atomic E-state index is 0.478. The Labute approximate surface area is 107 Å².